The Labute approximate surface area is 97.7 Å². The molecule has 1 heterocycles. The van der Waals surface area contributed by atoms with Crippen molar-refractivity contribution in [3.63, 3.8) is 0 Å². The first kappa shape index (κ1) is 12.2. The number of hydrogen-bond acceptors (Lipinski definition) is 4. The number of nitrogen functional groups attached to an aromatic ring is 1. The van der Waals surface area contributed by atoms with Gasteiger partial charge >= 0.3 is 0 Å². The van der Waals surface area contributed by atoms with E-state index < -0.39 is 6.10 Å². The van der Waals surface area contributed by atoms with Gasteiger partial charge in [0.15, 0.2) is 0 Å². The molecule has 4 nitrogen and oxygen atoms in total. The molecule has 0 saturated carbocycles. The lowest BCUT2D eigenvalue weighted by atomic mass is 10.1. The van der Waals surface area contributed by atoms with E-state index in [0.29, 0.717) is 18.4 Å². The van der Waals surface area contributed by atoms with Gasteiger partial charge in [-0.3, -0.25) is 0 Å². The maximum atomic E-state index is 9.77. The zero-order chi connectivity index (χ0) is 11.4. The zero-order valence-corrected chi connectivity index (χ0v) is 9.46. The average molecular weight is 248 g/mol. The Morgan fingerprint density at radius 2 is 1.93 bits per heavy atom. The summed E-state index contributed by atoms with van der Waals surface area (Å²) in [6, 6.07) is 0. The second kappa shape index (κ2) is 5.30. The molecule has 3 N–H and O–H groups in total. The topological polar surface area (TPSA) is 72.0 Å². The maximum Gasteiger partial charge on any atom is 0.222 e. The van der Waals surface area contributed by atoms with E-state index in [1.54, 1.807) is 6.08 Å². The van der Waals surface area contributed by atoms with Gasteiger partial charge in [0.2, 0.25) is 5.95 Å². The van der Waals surface area contributed by atoms with E-state index in [4.69, 9.17) is 28.9 Å². The van der Waals surface area contributed by atoms with Crippen LogP contribution in [0.25, 0.3) is 0 Å². The molecule has 0 saturated heterocycles. The first-order valence-corrected chi connectivity index (χ1v) is 5.09. The third-order valence-corrected chi connectivity index (χ3v) is 2.42. The number of halogens is 2. The van der Waals surface area contributed by atoms with Crippen molar-refractivity contribution in [2.24, 2.45) is 0 Å². The minimum absolute atomic E-state index is 0.00956. The molecule has 1 unspecified atom stereocenters. The van der Waals surface area contributed by atoms with E-state index in [9.17, 15) is 5.11 Å². The predicted octanol–water partition coefficient (Wildman–Crippen LogP) is 2.37. The molecule has 6 heteroatoms. The summed E-state index contributed by atoms with van der Waals surface area (Å²) < 4.78 is 0. The lowest BCUT2D eigenvalue weighted by Gasteiger charge is -2.12. The molecule has 0 aliphatic rings. The highest BCUT2D eigenvalue weighted by atomic mass is 35.5. The van der Waals surface area contributed by atoms with Crippen molar-refractivity contribution >= 4 is 29.2 Å². The number of nitrogens with two attached hydrogens (primary N) is 1. The SMILES string of the molecule is C=CCCC(O)c1c(Cl)nc(N)nc1Cl. The summed E-state index contributed by atoms with van der Waals surface area (Å²) >= 11 is 11.6. The van der Waals surface area contributed by atoms with Crippen molar-refractivity contribution in [1.29, 1.82) is 0 Å². The Kier molecular flexibility index (Phi) is 4.32. The van der Waals surface area contributed by atoms with Gasteiger partial charge in [-0.25, -0.2) is 9.97 Å². The minimum Gasteiger partial charge on any atom is -0.388 e. The van der Waals surface area contributed by atoms with E-state index in [1.807, 2.05) is 0 Å². The normalized spacial score (nSPS) is 12.5. The quantitative estimate of drug-likeness (QED) is 0.633. The fraction of sp³-hybridized carbons (Fsp3) is 0.333. The Bertz CT molecular complexity index is 347. The summed E-state index contributed by atoms with van der Waals surface area (Å²) in [7, 11) is 0. The Hall–Kier alpha value is -0.840. The summed E-state index contributed by atoms with van der Waals surface area (Å²) in [6.45, 7) is 3.56. The largest absolute Gasteiger partial charge is 0.388 e. The monoisotopic (exact) mass is 247 g/mol. The van der Waals surface area contributed by atoms with Crippen LogP contribution in [0.2, 0.25) is 10.3 Å². The summed E-state index contributed by atoms with van der Waals surface area (Å²) in [6.07, 6.45) is 2.01. The molecule has 15 heavy (non-hydrogen) atoms. The number of rotatable bonds is 4. The van der Waals surface area contributed by atoms with Gasteiger partial charge in [0.05, 0.1) is 11.7 Å². The van der Waals surface area contributed by atoms with Crippen LogP contribution >= 0.6 is 23.2 Å². The van der Waals surface area contributed by atoms with Crippen LogP contribution in [0.5, 0.6) is 0 Å². The van der Waals surface area contributed by atoms with Gasteiger partial charge < -0.3 is 10.8 Å². The van der Waals surface area contributed by atoms with Crippen molar-refractivity contribution in [3.05, 3.63) is 28.5 Å². The number of aliphatic hydroxyl groups excluding tert-OH is 1. The molecule has 82 valence electrons. The summed E-state index contributed by atoms with van der Waals surface area (Å²) in [4.78, 5) is 7.45. The highest BCUT2D eigenvalue weighted by Gasteiger charge is 2.18. The molecule has 1 aromatic heterocycles. The molecule has 0 amide bonds. The lowest BCUT2D eigenvalue weighted by molar-refractivity contribution is 0.168. The van der Waals surface area contributed by atoms with Crippen LogP contribution in [0.15, 0.2) is 12.7 Å². The Morgan fingerprint density at radius 3 is 2.40 bits per heavy atom. The highest BCUT2D eigenvalue weighted by molar-refractivity contribution is 6.34. The molecule has 0 bridgehead atoms. The highest BCUT2D eigenvalue weighted by Crippen LogP contribution is 2.30. The summed E-state index contributed by atoms with van der Waals surface area (Å²) in [5.41, 5.74) is 5.65. The molecule has 0 aliphatic carbocycles. The van der Waals surface area contributed by atoms with Crippen LogP contribution < -0.4 is 5.73 Å². The molecule has 0 aliphatic heterocycles. The average Bonchev–Trinajstić information content (AvgIpc) is 2.12. The standard InChI is InChI=1S/C9H11Cl2N3O/c1-2-3-4-5(15)6-7(10)13-9(12)14-8(6)11/h2,5,15H,1,3-4H2,(H2,12,13,14). The summed E-state index contributed by atoms with van der Waals surface area (Å²) in [5, 5.41) is 9.94. The van der Waals surface area contributed by atoms with Gasteiger partial charge in [-0.05, 0) is 12.8 Å². The van der Waals surface area contributed by atoms with Gasteiger partial charge in [-0.1, -0.05) is 29.3 Å². The molecular formula is C9H11Cl2N3O. The Balaban J connectivity index is 2.97. The molecule has 0 fully saturated rings. The molecular weight excluding hydrogens is 237 g/mol. The smallest absolute Gasteiger partial charge is 0.222 e. The molecule has 0 spiro atoms. The van der Waals surface area contributed by atoms with Gasteiger partial charge in [0.1, 0.15) is 10.3 Å². The van der Waals surface area contributed by atoms with Gasteiger partial charge in [0, 0.05) is 0 Å². The van der Waals surface area contributed by atoms with Crippen LogP contribution in [-0.4, -0.2) is 15.1 Å². The van der Waals surface area contributed by atoms with Crippen LogP contribution in [-0.2, 0) is 0 Å². The van der Waals surface area contributed by atoms with E-state index in [0.717, 1.165) is 0 Å². The number of anilines is 1. The van der Waals surface area contributed by atoms with Crippen LogP contribution in [0, 0.1) is 0 Å². The van der Waals surface area contributed by atoms with Crippen molar-refractivity contribution in [3.8, 4) is 0 Å². The third kappa shape index (κ3) is 3.06. The van der Waals surface area contributed by atoms with Gasteiger partial charge in [-0.2, -0.15) is 0 Å². The molecule has 0 aromatic carbocycles. The predicted molar refractivity (Wildman–Crippen MR) is 60.9 cm³/mol. The van der Waals surface area contributed by atoms with Crippen LogP contribution in [0.3, 0.4) is 0 Å². The van der Waals surface area contributed by atoms with Crippen molar-refractivity contribution in [2.45, 2.75) is 18.9 Å². The minimum atomic E-state index is -0.802. The van der Waals surface area contributed by atoms with Crippen molar-refractivity contribution < 1.29 is 5.11 Å². The van der Waals surface area contributed by atoms with Crippen LogP contribution in [0.4, 0.5) is 5.95 Å². The van der Waals surface area contributed by atoms with E-state index in [1.165, 1.54) is 0 Å². The first-order valence-electron chi connectivity index (χ1n) is 4.33. The lowest BCUT2D eigenvalue weighted by Crippen LogP contribution is -2.05. The fourth-order valence-corrected chi connectivity index (χ4v) is 1.78. The molecule has 1 rings (SSSR count). The molecule has 1 atom stereocenters. The second-order valence-electron chi connectivity index (χ2n) is 2.96. The Morgan fingerprint density at radius 1 is 1.40 bits per heavy atom. The maximum absolute atomic E-state index is 9.77. The number of hydrogen-bond donors (Lipinski definition) is 2. The number of aliphatic hydroxyl groups is 1. The number of aromatic nitrogens is 2. The molecule has 1 aromatic rings. The van der Waals surface area contributed by atoms with Crippen LogP contribution in [0.1, 0.15) is 24.5 Å². The van der Waals surface area contributed by atoms with Crippen molar-refractivity contribution in [1.82, 2.24) is 9.97 Å². The fourth-order valence-electron chi connectivity index (χ4n) is 1.13. The van der Waals surface area contributed by atoms with Gasteiger partial charge in [0.25, 0.3) is 0 Å². The van der Waals surface area contributed by atoms with Gasteiger partial charge in [-0.15, -0.1) is 6.58 Å². The van der Waals surface area contributed by atoms with Crippen molar-refractivity contribution in [2.75, 3.05) is 5.73 Å². The second-order valence-corrected chi connectivity index (χ2v) is 3.67. The zero-order valence-electron chi connectivity index (χ0n) is 7.95. The van der Waals surface area contributed by atoms with E-state index in [2.05, 4.69) is 16.5 Å². The molecule has 0 radical (unpaired) electrons. The third-order valence-electron chi connectivity index (χ3n) is 1.85. The summed E-state index contributed by atoms with van der Waals surface area (Å²) in [5.74, 6) is -0.00956. The van der Waals surface area contributed by atoms with E-state index >= 15 is 0 Å². The van der Waals surface area contributed by atoms with E-state index in [-0.39, 0.29) is 16.3 Å². The number of allylic oxidation sites excluding steroid dienone is 1. The number of nitrogens with zero attached hydrogens (tertiary/aromatic N) is 2. The first-order chi connectivity index (χ1) is 7.06.